The van der Waals surface area contributed by atoms with Crippen molar-refractivity contribution in [3.05, 3.63) is 35.9 Å². The first kappa shape index (κ1) is 41.7. The van der Waals surface area contributed by atoms with Gasteiger partial charge < -0.3 is 31.1 Å². The predicted octanol–water partition coefficient (Wildman–Crippen LogP) is -0.523. The molecule has 0 aromatic heterocycles. The molecule has 1 aliphatic heterocycles. The first-order valence-electron chi connectivity index (χ1n) is 14.8. The second-order valence-corrected chi connectivity index (χ2v) is 11.0. The van der Waals surface area contributed by atoms with E-state index < -0.39 is 36.1 Å². The zero-order valence-electron chi connectivity index (χ0n) is 26.7. The Morgan fingerprint density at radius 1 is 0.688 bits per heavy atom. The second kappa shape index (κ2) is 20.8. The van der Waals surface area contributed by atoms with Crippen LogP contribution in [0.2, 0.25) is 0 Å². The standard InChI is InChI=1S/C27H42N6O8.C2HF3O2/c1-20(22-6-4-3-5-7-22)28-27(41)23(29-21(2)34)16-30-8-10-31(17-24(35)36)12-14-33(19-26(39)40)15-13-32(11-9-30)18-25(37)38;3-2(4,5)1(6)7/h3-7,20,23H,8-19H2,1-2H3,(H,28,41)(H,29,34)(H,35,36)(H,37,38)(H,39,40);(H,6,7)/t20-,23?;/m0./s1. The van der Waals surface area contributed by atoms with Crippen molar-refractivity contribution in [2.24, 2.45) is 0 Å². The highest BCUT2D eigenvalue weighted by Gasteiger charge is 2.38. The number of aliphatic carboxylic acids is 4. The number of carboxylic acids is 4. The van der Waals surface area contributed by atoms with Gasteiger partial charge in [-0.1, -0.05) is 30.3 Å². The third-order valence-electron chi connectivity index (χ3n) is 7.04. The van der Waals surface area contributed by atoms with Crippen molar-refractivity contribution in [1.82, 2.24) is 30.2 Å². The molecule has 6 N–H and O–H groups in total. The number of alkyl halides is 3. The monoisotopic (exact) mass is 692 g/mol. The quantitative estimate of drug-likeness (QED) is 0.162. The Morgan fingerprint density at radius 3 is 1.35 bits per heavy atom. The second-order valence-electron chi connectivity index (χ2n) is 11.0. The smallest absolute Gasteiger partial charge is 0.480 e. The van der Waals surface area contributed by atoms with Gasteiger partial charge in [-0.15, -0.1) is 0 Å². The van der Waals surface area contributed by atoms with Gasteiger partial charge in [0.1, 0.15) is 6.04 Å². The Labute approximate surface area is 275 Å². The number of nitrogens with one attached hydrogen (secondary N) is 2. The molecule has 1 saturated heterocycles. The van der Waals surface area contributed by atoms with Crippen LogP contribution in [0.3, 0.4) is 0 Å². The van der Waals surface area contributed by atoms with E-state index in [0.717, 1.165) is 5.56 Å². The fraction of sp³-hybridized carbons (Fsp3) is 0.586. The molecule has 2 amide bonds. The summed E-state index contributed by atoms with van der Waals surface area (Å²) in [5, 5.41) is 40.9. The summed E-state index contributed by atoms with van der Waals surface area (Å²) in [6, 6.07) is 8.18. The van der Waals surface area contributed by atoms with Crippen LogP contribution in [0.4, 0.5) is 13.2 Å². The molecule has 0 radical (unpaired) electrons. The molecule has 1 heterocycles. The van der Waals surface area contributed by atoms with Gasteiger partial charge in [-0.2, -0.15) is 13.2 Å². The average Bonchev–Trinajstić information content (AvgIpc) is 2.97. The molecule has 48 heavy (non-hydrogen) atoms. The van der Waals surface area contributed by atoms with E-state index in [1.54, 1.807) is 14.7 Å². The highest BCUT2D eigenvalue weighted by Crippen LogP contribution is 2.13. The summed E-state index contributed by atoms with van der Waals surface area (Å²) in [6.45, 7) is 4.99. The summed E-state index contributed by atoms with van der Waals surface area (Å²) in [6.07, 6.45) is -5.08. The van der Waals surface area contributed by atoms with E-state index in [1.165, 1.54) is 6.92 Å². The number of rotatable bonds is 12. The average molecular weight is 693 g/mol. The van der Waals surface area contributed by atoms with Crippen LogP contribution in [0.15, 0.2) is 30.3 Å². The van der Waals surface area contributed by atoms with Gasteiger partial charge in [0, 0.05) is 65.8 Å². The van der Waals surface area contributed by atoms with Crippen LogP contribution in [-0.2, 0) is 28.8 Å². The van der Waals surface area contributed by atoms with Gasteiger partial charge in [-0.3, -0.25) is 43.6 Å². The first-order valence-corrected chi connectivity index (χ1v) is 14.8. The number of hydrogen-bond donors (Lipinski definition) is 6. The van der Waals surface area contributed by atoms with Crippen molar-refractivity contribution in [1.29, 1.82) is 0 Å². The Balaban J connectivity index is 0.00000148. The van der Waals surface area contributed by atoms with Crippen LogP contribution in [0, 0.1) is 0 Å². The number of nitrogens with zero attached hydrogens (tertiary/aromatic N) is 4. The maximum absolute atomic E-state index is 13.3. The number of hydrogen-bond acceptors (Lipinski definition) is 10. The summed E-state index contributed by atoms with van der Waals surface area (Å²) in [4.78, 5) is 75.5. The molecule has 0 spiro atoms. The maximum atomic E-state index is 13.3. The van der Waals surface area contributed by atoms with Gasteiger partial charge >= 0.3 is 30.1 Å². The molecular weight excluding hydrogens is 649 g/mol. The lowest BCUT2D eigenvalue weighted by molar-refractivity contribution is -0.192. The lowest BCUT2D eigenvalue weighted by Crippen LogP contribution is -2.55. The molecular formula is C29H43F3N6O10. The van der Waals surface area contributed by atoms with Crippen LogP contribution in [0.5, 0.6) is 0 Å². The molecule has 2 atom stereocenters. The molecule has 16 nitrogen and oxygen atoms in total. The SMILES string of the molecule is CC(=O)NC(CN1CCN(CC(=O)O)CCN(CC(=O)O)CCN(CC(=O)O)CC1)C(=O)N[C@@H](C)c1ccccc1.O=C(O)C(F)(F)F. The molecule has 270 valence electrons. The van der Waals surface area contributed by atoms with E-state index in [2.05, 4.69) is 10.6 Å². The molecule has 1 aromatic carbocycles. The molecule has 1 aliphatic rings. The van der Waals surface area contributed by atoms with Crippen molar-refractivity contribution >= 4 is 35.7 Å². The van der Waals surface area contributed by atoms with Gasteiger partial charge in [0.15, 0.2) is 0 Å². The number of amides is 2. The summed E-state index contributed by atoms with van der Waals surface area (Å²) in [7, 11) is 0. The van der Waals surface area contributed by atoms with Crippen LogP contribution >= 0.6 is 0 Å². The minimum Gasteiger partial charge on any atom is -0.480 e. The topological polar surface area (TPSA) is 220 Å². The van der Waals surface area contributed by atoms with Gasteiger partial charge in [0.25, 0.3) is 0 Å². The summed E-state index contributed by atoms with van der Waals surface area (Å²) in [5.74, 6) is -6.59. The van der Waals surface area contributed by atoms with Crippen molar-refractivity contribution in [2.45, 2.75) is 32.1 Å². The predicted molar refractivity (Wildman–Crippen MR) is 163 cm³/mol. The Morgan fingerprint density at radius 2 is 1.04 bits per heavy atom. The lowest BCUT2D eigenvalue weighted by atomic mass is 10.1. The van der Waals surface area contributed by atoms with E-state index in [-0.39, 0.29) is 70.2 Å². The maximum Gasteiger partial charge on any atom is 0.490 e. The van der Waals surface area contributed by atoms with E-state index in [1.807, 2.05) is 42.2 Å². The molecule has 2 rings (SSSR count). The molecule has 0 bridgehead atoms. The largest absolute Gasteiger partial charge is 0.490 e. The molecule has 1 aromatic rings. The highest BCUT2D eigenvalue weighted by molar-refractivity contribution is 5.87. The number of benzene rings is 1. The minimum absolute atomic E-state index is 0.125. The zero-order chi connectivity index (χ0) is 36.4. The van der Waals surface area contributed by atoms with Crippen molar-refractivity contribution in [3.8, 4) is 0 Å². The number of carbonyl (C=O) groups is 6. The van der Waals surface area contributed by atoms with Crippen LogP contribution < -0.4 is 10.6 Å². The summed E-state index contributed by atoms with van der Waals surface area (Å²) >= 11 is 0. The third kappa shape index (κ3) is 18.1. The molecule has 0 saturated carbocycles. The van der Waals surface area contributed by atoms with E-state index in [9.17, 15) is 52.5 Å². The molecule has 0 aliphatic carbocycles. The summed E-state index contributed by atoms with van der Waals surface area (Å²) < 4.78 is 31.7. The van der Waals surface area contributed by atoms with Crippen molar-refractivity contribution < 1.29 is 62.4 Å². The Hall–Kier alpha value is -4.33. The van der Waals surface area contributed by atoms with Crippen LogP contribution in [0.1, 0.15) is 25.5 Å². The normalized spacial score (nSPS) is 17.3. The first-order chi connectivity index (χ1) is 22.4. The number of halogens is 3. The molecule has 1 fully saturated rings. The van der Waals surface area contributed by atoms with E-state index in [0.29, 0.717) is 26.2 Å². The van der Waals surface area contributed by atoms with Gasteiger partial charge in [0.05, 0.1) is 25.7 Å². The number of carboxylic acid groups (broad SMARTS) is 4. The third-order valence-corrected chi connectivity index (χ3v) is 7.04. The van der Waals surface area contributed by atoms with Gasteiger partial charge in [0.2, 0.25) is 11.8 Å². The number of carbonyl (C=O) groups excluding carboxylic acids is 2. The van der Waals surface area contributed by atoms with Gasteiger partial charge in [-0.25, -0.2) is 4.79 Å². The highest BCUT2D eigenvalue weighted by atomic mass is 19.4. The fourth-order valence-electron chi connectivity index (χ4n) is 4.65. The minimum atomic E-state index is -5.08. The lowest BCUT2D eigenvalue weighted by Gasteiger charge is -2.34. The van der Waals surface area contributed by atoms with Gasteiger partial charge in [-0.05, 0) is 12.5 Å². The zero-order valence-corrected chi connectivity index (χ0v) is 26.7. The molecule has 19 heteroatoms. The fourth-order valence-corrected chi connectivity index (χ4v) is 4.65. The van der Waals surface area contributed by atoms with Crippen LogP contribution in [-0.4, -0.2) is 166 Å². The van der Waals surface area contributed by atoms with Crippen molar-refractivity contribution in [2.75, 3.05) is 78.5 Å². The van der Waals surface area contributed by atoms with Crippen LogP contribution in [0.25, 0.3) is 0 Å². The summed E-state index contributed by atoms with van der Waals surface area (Å²) in [5.41, 5.74) is 0.902. The Bertz CT molecular complexity index is 1190. The van der Waals surface area contributed by atoms with E-state index in [4.69, 9.17) is 9.90 Å². The molecule has 1 unspecified atom stereocenters. The van der Waals surface area contributed by atoms with Crippen molar-refractivity contribution in [3.63, 3.8) is 0 Å². The Kier molecular flexibility index (Phi) is 18.1. The van der Waals surface area contributed by atoms with E-state index >= 15 is 0 Å².